The van der Waals surface area contributed by atoms with E-state index in [0.29, 0.717) is 0 Å². The molecule has 0 aromatic heterocycles. The molecule has 0 fully saturated rings. The molecule has 0 spiro atoms. The Morgan fingerprint density at radius 2 is 1.17 bits per heavy atom. The summed E-state index contributed by atoms with van der Waals surface area (Å²) in [6.07, 6.45) is 2.64. The van der Waals surface area contributed by atoms with Crippen molar-refractivity contribution in [1.29, 1.82) is 0 Å². The fourth-order valence-electron chi connectivity index (χ4n) is 0.663. The number of rotatable bonds is 1. The van der Waals surface area contributed by atoms with Crippen molar-refractivity contribution in [3.8, 4) is 0 Å². The number of hydrogen-bond acceptors (Lipinski definition) is 0. The van der Waals surface area contributed by atoms with Crippen molar-refractivity contribution in [2.75, 3.05) is 0 Å². The summed E-state index contributed by atoms with van der Waals surface area (Å²) in [4.78, 5) is 0. The molecule has 0 amide bonds. The Morgan fingerprint density at radius 3 is 1.33 bits per heavy atom. The van der Waals surface area contributed by atoms with Gasteiger partial charge in [0, 0.05) is 0 Å². The van der Waals surface area contributed by atoms with Gasteiger partial charge in [0.25, 0.3) is 0 Å². The van der Waals surface area contributed by atoms with Crippen molar-refractivity contribution in [3.05, 3.63) is 35.4 Å². The van der Waals surface area contributed by atoms with Gasteiger partial charge in [-0.3, -0.25) is 0 Å². The second-order valence-electron chi connectivity index (χ2n) is 3.08. The first-order chi connectivity index (χ1) is 5.72. The summed E-state index contributed by atoms with van der Waals surface area (Å²) >= 11 is 0. The Kier molecular flexibility index (Phi) is 6.45. The van der Waals surface area contributed by atoms with Crippen LogP contribution < -0.4 is 0 Å². The first-order valence-corrected chi connectivity index (χ1v) is 4.74. The maximum Gasteiger partial charge on any atom is -0.0395 e. The molecule has 0 heteroatoms. The van der Waals surface area contributed by atoms with E-state index in [1.165, 1.54) is 24.0 Å². The number of hydrogen-bond donors (Lipinski definition) is 0. The molecule has 1 rings (SSSR count). The largest absolute Gasteiger partial charge is 0.0654 e. The van der Waals surface area contributed by atoms with Crippen LogP contribution in [-0.2, 0) is 0 Å². The van der Waals surface area contributed by atoms with E-state index in [-0.39, 0.29) is 0 Å². The number of unbranched alkanes of at least 4 members (excludes halogenated alkanes) is 1. The van der Waals surface area contributed by atoms with E-state index >= 15 is 0 Å². The fourth-order valence-corrected chi connectivity index (χ4v) is 0.663. The van der Waals surface area contributed by atoms with E-state index < -0.39 is 0 Å². The van der Waals surface area contributed by atoms with Gasteiger partial charge in [0.1, 0.15) is 0 Å². The highest BCUT2D eigenvalue weighted by atomic mass is 13.9. The zero-order valence-electron chi connectivity index (χ0n) is 8.72. The lowest BCUT2D eigenvalue weighted by Gasteiger charge is -1.93. The van der Waals surface area contributed by atoms with Crippen LogP contribution in [0.25, 0.3) is 0 Å². The van der Waals surface area contributed by atoms with Crippen LogP contribution in [0.4, 0.5) is 0 Å². The summed E-state index contributed by atoms with van der Waals surface area (Å²) in [6, 6.07) is 8.36. The molecule has 0 aliphatic rings. The molecule has 0 bridgehead atoms. The number of benzene rings is 1. The minimum atomic E-state index is 1.32. The Labute approximate surface area is 76.6 Å². The van der Waals surface area contributed by atoms with Gasteiger partial charge in [-0.2, -0.15) is 0 Å². The van der Waals surface area contributed by atoms with Crippen LogP contribution >= 0.6 is 0 Å². The van der Waals surface area contributed by atoms with Gasteiger partial charge in [0.2, 0.25) is 0 Å². The topological polar surface area (TPSA) is 0 Å². The lowest BCUT2D eigenvalue weighted by Crippen LogP contribution is -1.74. The van der Waals surface area contributed by atoms with Gasteiger partial charge in [0.15, 0.2) is 0 Å². The minimum absolute atomic E-state index is 1.32. The standard InChI is InChI=1S/C8H10.C4H10/c1-7-5-3-4-6-8(7)2;1-3-4-2/h3-6H,1-2H3;3-4H2,1-2H3. The molecule has 0 saturated heterocycles. The summed E-state index contributed by atoms with van der Waals surface area (Å²) in [7, 11) is 0. The molecule has 0 N–H and O–H groups in total. The second-order valence-corrected chi connectivity index (χ2v) is 3.08. The van der Waals surface area contributed by atoms with E-state index in [9.17, 15) is 0 Å². The maximum atomic E-state index is 2.18. The van der Waals surface area contributed by atoms with Gasteiger partial charge in [-0.05, 0) is 25.0 Å². The van der Waals surface area contributed by atoms with Crippen LogP contribution in [0.3, 0.4) is 0 Å². The normalized spacial score (nSPS) is 8.67. The molecule has 0 atom stereocenters. The Hall–Kier alpha value is -0.780. The van der Waals surface area contributed by atoms with E-state index in [1.807, 2.05) is 0 Å². The van der Waals surface area contributed by atoms with Crippen molar-refractivity contribution in [3.63, 3.8) is 0 Å². The van der Waals surface area contributed by atoms with Gasteiger partial charge in [0.05, 0.1) is 0 Å². The zero-order valence-corrected chi connectivity index (χ0v) is 8.72. The van der Waals surface area contributed by atoms with Gasteiger partial charge in [-0.15, -0.1) is 0 Å². The van der Waals surface area contributed by atoms with Crippen molar-refractivity contribution in [1.82, 2.24) is 0 Å². The molecule has 0 radical (unpaired) electrons. The third-order valence-electron chi connectivity index (χ3n) is 1.93. The molecule has 0 heterocycles. The average Bonchev–Trinajstić information content (AvgIpc) is 2.11. The average molecular weight is 164 g/mol. The van der Waals surface area contributed by atoms with E-state index in [1.54, 1.807) is 0 Å². The molecular formula is C12H20. The smallest absolute Gasteiger partial charge is 0.0395 e. The summed E-state index contributed by atoms with van der Waals surface area (Å²) in [5.74, 6) is 0. The quantitative estimate of drug-likeness (QED) is 0.586. The molecule has 0 nitrogen and oxygen atoms in total. The van der Waals surface area contributed by atoms with Crippen LogP contribution in [0.15, 0.2) is 24.3 Å². The highest BCUT2D eigenvalue weighted by Crippen LogP contribution is 2.02. The molecule has 0 aliphatic heterocycles. The van der Waals surface area contributed by atoms with Crippen molar-refractivity contribution in [2.24, 2.45) is 0 Å². The second kappa shape index (κ2) is 6.90. The van der Waals surface area contributed by atoms with E-state index in [4.69, 9.17) is 0 Å². The van der Waals surface area contributed by atoms with Crippen LogP contribution in [0.2, 0.25) is 0 Å². The summed E-state index contributed by atoms with van der Waals surface area (Å²) in [5.41, 5.74) is 2.74. The van der Waals surface area contributed by atoms with Gasteiger partial charge >= 0.3 is 0 Å². The van der Waals surface area contributed by atoms with Gasteiger partial charge in [-0.1, -0.05) is 51.0 Å². The summed E-state index contributed by atoms with van der Waals surface area (Å²) in [6.45, 7) is 8.60. The maximum absolute atomic E-state index is 2.18. The molecule has 68 valence electrons. The van der Waals surface area contributed by atoms with Gasteiger partial charge in [-0.25, -0.2) is 0 Å². The third kappa shape index (κ3) is 4.95. The number of aryl methyl sites for hydroxylation is 2. The molecule has 0 aliphatic carbocycles. The lowest BCUT2D eigenvalue weighted by molar-refractivity contribution is 0.886. The molecular weight excluding hydrogens is 144 g/mol. The fraction of sp³-hybridized carbons (Fsp3) is 0.500. The zero-order chi connectivity index (χ0) is 9.40. The Morgan fingerprint density at radius 1 is 0.833 bits per heavy atom. The molecule has 0 unspecified atom stereocenters. The summed E-state index contributed by atoms with van der Waals surface area (Å²) < 4.78 is 0. The lowest BCUT2D eigenvalue weighted by atomic mass is 10.1. The molecule has 0 saturated carbocycles. The highest BCUT2D eigenvalue weighted by molar-refractivity contribution is 5.23. The van der Waals surface area contributed by atoms with Crippen LogP contribution in [0.1, 0.15) is 37.8 Å². The monoisotopic (exact) mass is 164 g/mol. The third-order valence-corrected chi connectivity index (χ3v) is 1.93. The van der Waals surface area contributed by atoms with E-state index in [0.717, 1.165) is 0 Å². The van der Waals surface area contributed by atoms with Gasteiger partial charge < -0.3 is 0 Å². The molecule has 12 heavy (non-hydrogen) atoms. The van der Waals surface area contributed by atoms with E-state index in [2.05, 4.69) is 52.0 Å². The van der Waals surface area contributed by atoms with Crippen LogP contribution in [0.5, 0.6) is 0 Å². The first-order valence-electron chi connectivity index (χ1n) is 4.74. The van der Waals surface area contributed by atoms with Crippen molar-refractivity contribution >= 4 is 0 Å². The highest BCUT2D eigenvalue weighted by Gasteiger charge is 1.83. The minimum Gasteiger partial charge on any atom is -0.0654 e. The predicted octanol–water partition coefficient (Wildman–Crippen LogP) is 4.11. The first kappa shape index (κ1) is 11.2. The van der Waals surface area contributed by atoms with Crippen molar-refractivity contribution < 1.29 is 0 Å². The van der Waals surface area contributed by atoms with Crippen LogP contribution in [0, 0.1) is 13.8 Å². The molecule has 1 aromatic carbocycles. The predicted molar refractivity (Wildman–Crippen MR) is 56.5 cm³/mol. The SMILES string of the molecule is CCCC.Cc1ccccc1C. The molecule has 1 aromatic rings. The Balaban J connectivity index is 0.000000261. The Bertz CT molecular complexity index is 178. The summed E-state index contributed by atoms with van der Waals surface area (Å²) in [5, 5.41) is 0. The van der Waals surface area contributed by atoms with Crippen LogP contribution in [-0.4, -0.2) is 0 Å². The van der Waals surface area contributed by atoms with Crippen molar-refractivity contribution in [2.45, 2.75) is 40.5 Å².